The van der Waals surface area contributed by atoms with Gasteiger partial charge in [0.15, 0.2) is 0 Å². The Morgan fingerprint density at radius 1 is 1.28 bits per heavy atom. The van der Waals surface area contributed by atoms with Crippen molar-refractivity contribution in [2.75, 3.05) is 5.84 Å². The molecule has 0 atom stereocenters. The van der Waals surface area contributed by atoms with Crippen molar-refractivity contribution in [3.8, 4) is 23.1 Å². The van der Waals surface area contributed by atoms with E-state index in [1.807, 2.05) is 0 Å². The van der Waals surface area contributed by atoms with Crippen molar-refractivity contribution in [1.82, 2.24) is 4.68 Å². The fraction of sp³-hybridized carbons (Fsp3) is 0. The van der Waals surface area contributed by atoms with Crippen LogP contribution in [-0.4, -0.2) is 4.68 Å². The molecule has 0 bridgehead atoms. The van der Waals surface area contributed by atoms with E-state index in [-0.39, 0.29) is 35.1 Å². The molecule has 0 aliphatic carbocycles. The first-order valence-electron chi connectivity index (χ1n) is 4.83. The predicted molar refractivity (Wildman–Crippen MR) is 60.4 cm³/mol. The molecule has 5 nitrogen and oxygen atoms in total. The van der Waals surface area contributed by atoms with Crippen LogP contribution >= 0.6 is 0 Å². The molecule has 0 saturated carbocycles. The minimum absolute atomic E-state index is 0. The maximum atomic E-state index is 11.6. The zero-order valence-electron chi connectivity index (χ0n) is 9.75. The van der Waals surface area contributed by atoms with Crippen LogP contribution in [-0.2, 0) is 0 Å². The Morgan fingerprint density at radius 3 is 2.44 bits per heavy atom. The summed E-state index contributed by atoms with van der Waals surface area (Å²) in [6.07, 6.45) is 0. The third-order valence-corrected chi connectivity index (χ3v) is 2.40. The number of nitriles is 1. The molecular weight excluding hydrogens is 241 g/mol. The molecule has 1 aromatic carbocycles. The second-order valence-corrected chi connectivity index (χ2v) is 3.42. The van der Waals surface area contributed by atoms with Gasteiger partial charge in [-0.1, -0.05) is 30.3 Å². The van der Waals surface area contributed by atoms with E-state index in [9.17, 15) is 9.90 Å². The Labute approximate surface area is 125 Å². The van der Waals surface area contributed by atoms with Crippen LogP contribution in [0.1, 0.15) is 5.56 Å². The van der Waals surface area contributed by atoms with Crippen LogP contribution < -0.4 is 46.1 Å². The maximum Gasteiger partial charge on any atom is 1.00 e. The molecule has 2 N–H and O–H groups in total. The Kier molecular flexibility index (Phi) is 4.56. The standard InChI is InChI=1S/C12H9N3O2.Na/c13-7-10-9(8-4-2-1-3-5-8)6-11(16)15(14)12(10)17;/h1-6,16H,14H2;/q;+1/p-1. The molecule has 0 radical (unpaired) electrons. The van der Waals surface area contributed by atoms with Gasteiger partial charge >= 0.3 is 29.6 Å². The fourth-order valence-electron chi connectivity index (χ4n) is 1.55. The molecule has 1 heterocycles. The van der Waals surface area contributed by atoms with Crippen molar-refractivity contribution in [3.05, 3.63) is 52.3 Å². The summed E-state index contributed by atoms with van der Waals surface area (Å²) in [4.78, 5) is 11.6. The molecule has 18 heavy (non-hydrogen) atoms. The quantitative estimate of drug-likeness (QED) is 0.435. The minimum Gasteiger partial charge on any atom is -0.859 e. The van der Waals surface area contributed by atoms with Gasteiger partial charge in [-0.2, -0.15) is 5.26 Å². The van der Waals surface area contributed by atoms with Crippen molar-refractivity contribution in [2.45, 2.75) is 0 Å². The number of hydrogen-bond acceptors (Lipinski definition) is 4. The first-order chi connectivity index (χ1) is 8.15. The predicted octanol–water partition coefficient (Wildman–Crippen LogP) is -2.82. The second-order valence-electron chi connectivity index (χ2n) is 3.42. The zero-order chi connectivity index (χ0) is 12.4. The van der Waals surface area contributed by atoms with Crippen molar-refractivity contribution >= 4 is 0 Å². The largest absolute Gasteiger partial charge is 1.00 e. The smallest absolute Gasteiger partial charge is 0.859 e. The summed E-state index contributed by atoms with van der Waals surface area (Å²) in [6, 6.07) is 11.7. The monoisotopic (exact) mass is 249 g/mol. The molecule has 0 fully saturated rings. The number of nitrogens with zero attached hydrogens (tertiary/aromatic N) is 2. The van der Waals surface area contributed by atoms with Gasteiger partial charge in [-0.05, 0) is 17.5 Å². The molecule has 0 spiro atoms. The minimum atomic E-state index is -0.779. The second kappa shape index (κ2) is 5.74. The van der Waals surface area contributed by atoms with E-state index in [4.69, 9.17) is 11.1 Å². The molecule has 0 aliphatic heterocycles. The van der Waals surface area contributed by atoms with Crippen LogP contribution in [0.5, 0.6) is 5.88 Å². The van der Waals surface area contributed by atoms with Crippen molar-refractivity contribution in [3.63, 3.8) is 0 Å². The molecular formula is C12H8N3NaO2. The van der Waals surface area contributed by atoms with Gasteiger partial charge in [0.05, 0.1) is 0 Å². The topological polar surface area (TPSA) is 94.9 Å². The van der Waals surface area contributed by atoms with Gasteiger partial charge in [-0.25, -0.2) is 4.68 Å². The number of hydrogen-bond donors (Lipinski definition) is 1. The van der Waals surface area contributed by atoms with Crippen LogP contribution in [0.4, 0.5) is 0 Å². The Balaban J connectivity index is 0.00000162. The van der Waals surface area contributed by atoms with Crippen LogP contribution in [0, 0.1) is 11.3 Å². The maximum absolute atomic E-state index is 11.6. The first kappa shape index (κ1) is 14.3. The summed E-state index contributed by atoms with van der Waals surface area (Å²) >= 11 is 0. The average Bonchev–Trinajstić information content (AvgIpc) is 2.36. The Morgan fingerprint density at radius 2 is 1.89 bits per heavy atom. The van der Waals surface area contributed by atoms with Gasteiger partial charge in [0.2, 0.25) is 0 Å². The molecule has 0 saturated heterocycles. The molecule has 0 aliphatic rings. The van der Waals surface area contributed by atoms with E-state index in [0.717, 1.165) is 0 Å². The van der Waals surface area contributed by atoms with Gasteiger partial charge in [0.25, 0.3) is 5.56 Å². The molecule has 84 valence electrons. The van der Waals surface area contributed by atoms with E-state index < -0.39 is 11.4 Å². The van der Waals surface area contributed by atoms with E-state index >= 15 is 0 Å². The number of benzene rings is 1. The number of aromatic nitrogens is 1. The third-order valence-electron chi connectivity index (χ3n) is 2.40. The van der Waals surface area contributed by atoms with Crippen LogP contribution in [0.2, 0.25) is 0 Å². The van der Waals surface area contributed by atoms with Crippen LogP contribution in [0.25, 0.3) is 11.1 Å². The van der Waals surface area contributed by atoms with E-state index in [1.54, 1.807) is 36.4 Å². The van der Waals surface area contributed by atoms with Crippen LogP contribution in [0.15, 0.2) is 41.2 Å². The van der Waals surface area contributed by atoms with Crippen molar-refractivity contribution in [1.29, 1.82) is 5.26 Å². The Bertz CT molecular complexity index is 660. The third kappa shape index (κ3) is 2.41. The fourth-order valence-corrected chi connectivity index (χ4v) is 1.55. The molecule has 2 aromatic rings. The summed E-state index contributed by atoms with van der Waals surface area (Å²) in [6.45, 7) is 0. The van der Waals surface area contributed by atoms with Crippen molar-refractivity contribution in [2.24, 2.45) is 0 Å². The molecule has 0 amide bonds. The number of nitrogens with two attached hydrogens (primary N) is 1. The summed E-state index contributed by atoms with van der Waals surface area (Å²) in [5, 5.41) is 20.4. The summed E-state index contributed by atoms with van der Waals surface area (Å²) < 4.78 is 0.436. The summed E-state index contributed by atoms with van der Waals surface area (Å²) in [5.41, 5.74) is 0.0424. The van der Waals surface area contributed by atoms with E-state index in [0.29, 0.717) is 15.8 Å². The van der Waals surface area contributed by atoms with Gasteiger partial charge in [0, 0.05) is 5.56 Å². The Hall–Kier alpha value is -1.74. The number of pyridine rings is 1. The summed E-state index contributed by atoms with van der Waals surface area (Å²) in [5.74, 6) is 4.61. The van der Waals surface area contributed by atoms with Gasteiger partial charge in [0.1, 0.15) is 11.6 Å². The van der Waals surface area contributed by atoms with Crippen LogP contribution in [0.3, 0.4) is 0 Å². The first-order valence-corrected chi connectivity index (χ1v) is 4.83. The molecule has 0 unspecified atom stereocenters. The number of nitrogen functional groups attached to an aromatic ring is 1. The SMILES string of the molecule is N#Cc1c(-c2ccccc2)cc([O-])n(N)c1=O.[Na+]. The van der Waals surface area contributed by atoms with Crippen molar-refractivity contribution < 1.29 is 34.7 Å². The van der Waals surface area contributed by atoms with E-state index in [2.05, 4.69) is 0 Å². The normalized spacial score (nSPS) is 9.28. The average molecular weight is 249 g/mol. The van der Waals surface area contributed by atoms with Gasteiger partial charge in [-0.15, -0.1) is 0 Å². The van der Waals surface area contributed by atoms with Gasteiger partial charge < -0.3 is 10.9 Å². The molecule has 6 heteroatoms. The molecule has 1 aromatic heterocycles. The number of rotatable bonds is 1. The van der Waals surface area contributed by atoms with E-state index in [1.165, 1.54) is 6.07 Å². The van der Waals surface area contributed by atoms with Gasteiger partial charge in [-0.3, -0.25) is 4.79 Å². The molecule has 2 rings (SSSR count). The zero-order valence-corrected chi connectivity index (χ0v) is 11.8. The summed E-state index contributed by atoms with van der Waals surface area (Å²) in [7, 11) is 0.